The molecule has 3 heterocycles. The summed E-state index contributed by atoms with van der Waals surface area (Å²) in [4.78, 5) is 16.3. The highest BCUT2D eigenvalue weighted by molar-refractivity contribution is 7.80. The van der Waals surface area contributed by atoms with Gasteiger partial charge in [0.05, 0.1) is 22.4 Å². The van der Waals surface area contributed by atoms with Crippen molar-refractivity contribution in [2.45, 2.75) is 45.4 Å². The molecule has 0 aliphatic heterocycles. The Morgan fingerprint density at radius 1 is 0.844 bits per heavy atom. The molecule has 0 bridgehead atoms. The topological polar surface area (TPSA) is 81.4 Å². The zero-order valence-electron chi connectivity index (χ0n) is 18.4. The van der Waals surface area contributed by atoms with E-state index < -0.39 is 0 Å². The van der Waals surface area contributed by atoms with Crippen LogP contribution in [0.15, 0.2) is 54.9 Å². The molecule has 0 atom stereocenters. The highest BCUT2D eigenvalue weighted by atomic mass is 32.1. The molecule has 7 heteroatoms. The van der Waals surface area contributed by atoms with Crippen molar-refractivity contribution in [2.24, 2.45) is 0 Å². The van der Waals surface area contributed by atoms with Gasteiger partial charge in [0.1, 0.15) is 11.4 Å². The summed E-state index contributed by atoms with van der Waals surface area (Å²) in [5.74, 6) is 0. The maximum absolute atomic E-state index is 5.48. The van der Waals surface area contributed by atoms with E-state index in [1.165, 1.54) is 32.1 Å². The molecule has 3 aromatic heterocycles. The van der Waals surface area contributed by atoms with Crippen molar-refractivity contribution in [3.8, 4) is 22.8 Å². The van der Waals surface area contributed by atoms with Gasteiger partial charge in [0.15, 0.2) is 5.11 Å². The van der Waals surface area contributed by atoms with Gasteiger partial charge in [-0.2, -0.15) is 0 Å². The Morgan fingerprint density at radius 3 is 2.16 bits per heavy atom. The highest BCUT2D eigenvalue weighted by Gasteiger charge is 2.14. The molecule has 166 valence electrons. The van der Waals surface area contributed by atoms with Crippen LogP contribution in [-0.4, -0.2) is 31.6 Å². The van der Waals surface area contributed by atoms with Crippen LogP contribution in [-0.2, 0) is 0 Å². The van der Waals surface area contributed by atoms with Crippen LogP contribution in [0.4, 0.5) is 5.69 Å². The molecular weight excluding hydrogens is 416 g/mol. The molecule has 1 aromatic carbocycles. The second kappa shape index (κ2) is 10.9. The Hall–Kier alpha value is -3.19. The number of anilines is 1. The van der Waals surface area contributed by atoms with Gasteiger partial charge in [0.25, 0.3) is 0 Å². The standard InChI is InChI=1S/C25H30N6S/c1-2-3-4-5-6-7-14-28-25(32)29-18-12-13-19-22(17-18)31-24(21-11-9-16-27-21)23(30-19)20-10-8-15-26-20/h8-13,15-17,26-27H,2-7,14H2,1H3,(H2,28,29,32). The van der Waals surface area contributed by atoms with Crippen LogP contribution in [0.5, 0.6) is 0 Å². The number of H-pyrrole nitrogens is 2. The molecule has 0 aliphatic carbocycles. The summed E-state index contributed by atoms with van der Waals surface area (Å²) in [7, 11) is 0. The summed E-state index contributed by atoms with van der Waals surface area (Å²) in [6, 6.07) is 13.9. The van der Waals surface area contributed by atoms with E-state index in [4.69, 9.17) is 22.2 Å². The average molecular weight is 447 g/mol. The third kappa shape index (κ3) is 5.53. The van der Waals surface area contributed by atoms with Gasteiger partial charge in [-0.15, -0.1) is 0 Å². The van der Waals surface area contributed by atoms with Crippen LogP contribution in [0, 0.1) is 0 Å². The normalized spacial score (nSPS) is 11.0. The summed E-state index contributed by atoms with van der Waals surface area (Å²) in [6.45, 7) is 3.13. The fraction of sp³-hybridized carbons (Fsp3) is 0.320. The molecule has 0 fully saturated rings. The van der Waals surface area contributed by atoms with Crippen LogP contribution in [0.1, 0.15) is 45.4 Å². The molecule has 0 unspecified atom stereocenters. The van der Waals surface area contributed by atoms with Crippen molar-refractivity contribution in [3.05, 3.63) is 54.9 Å². The first kappa shape index (κ1) is 22.0. The maximum atomic E-state index is 5.48. The molecule has 6 nitrogen and oxygen atoms in total. The Bertz CT molecular complexity index is 1130. The van der Waals surface area contributed by atoms with Gasteiger partial charge in [0, 0.05) is 24.6 Å². The summed E-state index contributed by atoms with van der Waals surface area (Å²) >= 11 is 5.48. The maximum Gasteiger partial charge on any atom is 0.170 e. The number of hydrogen-bond acceptors (Lipinski definition) is 3. The fourth-order valence-electron chi connectivity index (χ4n) is 3.75. The molecule has 0 saturated heterocycles. The van der Waals surface area contributed by atoms with Crippen LogP contribution in [0.25, 0.3) is 33.8 Å². The molecule has 32 heavy (non-hydrogen) atoms. The number of thiocarbonyl (C=S) groups is 1. The van der Waals surface area contributed by atoms with Crippen molar-refractivity contribution in [3.63, 3.8) is 0 Å². The molecule has 0 amide bonds. The number of fused-ring (bicyclic) bond motifs is 1. The molecule has 0 radical (unpaired) electrons. The van der Waals surface area contributed by atoms with E-state index in [0.29, 0.717) is 5.11 Å². The Morgan fingerprint density at radius 2 is 1.50 bits per heavy atom. The van der Waals surface area contributed by atoms with Crippen molar-refractivity contribution in [2.75, 3.05) is 11.9 Å². The van der Waals surface area contributed by atoms with E-state index in [2.05, 4.69) is 27.5 Å². The van der Waals surface area contributed by atoms with E-state index >= 15 is 0 Å². The lowest BCUT2D eigenvalue weighted by Gasteiger charge is -2.12. The molecule has 4 rings (SSSR count). The third-order valence-corrected chi connectivity index (χ3v) is 5.69. The number of hydrogen-bond donors (Lipinski definition) is 4. The lowest BCUT2D eigenvalue weighted by molar-refractivity contribution is 0.603. The van der Waals surface area contributed by atoms with Crippen molar-refractivity contribution in [1.29, 1.82) is 0 Å². The van der Waals surface area contributed by atoms with Gasteiger partial charge in [0.2, 0.25) is 0 Å². The van der Waals surface area contributed by atoms with E-state index in [9.17, 15) is 0 Å². The second-order valence-corrected chi connectivity index (χ2v) is 8.35. The van der Waals surface area contributed by atoms with E-state index in [1.54, 1.807) is 0 Å². The van der Waals surface area contributed by atoms with Gasteiger partial charge in [-0.1, -0.05) is 39.0 Å². The summed E-state index contributed by atoms with van der Waals surface area (Å²) in [6.07, 6.45) is 11.4. The Kier molecular flexibility index (Phi) is 7.51. The van der Waals surface area contributed by atoms with Gasteiger partial charge in [-0.3, -0.25) is 0 Å². The van der Waals surface area contributed by atoms with Gasteiger partial charge >= 0.3 is 0 Å². The summed E-state index contributed by atoms with van der Waals surface area (Å²) < 4.78 is 0. The van der Waals surface area contributed by atoms with E-state index in [-0.39, 0.29) is 0 Å². The zero-order valence-corrected chi connectivity index (χ0v) is 19.3. The predicted molar refractivity (Wildman–Crippen MR) is 137 cm³/mol. The summed E-state index contributed by atoms with van der Waals surface area (Å²) in [5.41, 5.74) is 6.05. The first-order valence-corrected chi connectivity index (χ1v) is 11.8. The minimum atomic E-state index is 0.637. The monoisotopic (exact) mass is 446 g/mol. The minimum Gasteiger partial charge on any atom is -0.362 e. The van der Waals surface area contributed by atoms with Gasteiger partial charge in [-0.05, 0) is 61.1 Å². The molecule has 0 spiro atoms. The first-order chi connectivity index (χ1) is 15.7. The number of nitrogens with one attached hydrogen (secondary N) is 4. The Balaban J connectivity index is 1.46. The fourth-order valence-corrected chi connectivity index (χ4v) is 3.97. The molecule has 0 aliphatic rings. The quantitative estimate of drug-likeness (QED) is 0.171. The van der Waals surface area contributed by atoms with Crippen LogP contribution >= 0.6 is 12.2 Å². The average Bonchev–Trinajstić information content (AvgIpc) is 3.52. The van der Waals surface area contributed by atoms with Crippen molar-refractivity contribution >= 4 is 34.1 Å². The number of benzene rings is 1. The van der Waals surface area contributed by atoms with Gasteiger partial charge < -0.3 is 20.6 Å². The number of aromatic nitrogens is 4. The SMILES string of the molecule is CCCCCCCCNC(=S)Nc1ccc2nc(-c3ccc[nH]3)c(-c3ccc[nH]3)nc2c1. The second-order valence-electron chi connectivity index (χ2n) is 7.94. The molecule has 4 N–H and O–H groups in total. The van der Waals surface area contributed by atoms with Crippen LogP contribution in [0.2, 0.25) is 0 Å². The highest BCUT2D eigenvalue weighted by Crippen LogP contribution is 2.30. The smallest absolute Gasteiger partial charge is 0.170 e. The zero-order chi connectivity index (χ0) is 22.2. The largest absolute Gasteiger partial charge is 0.362 e. The lowest BCUT2D eigenvalue weighted by Crippen LogP contribution is -2.29. The number of rotatable bonds is 10. The van der Waals surface area contributed by atoms with E-state index in [0.717, 1.165) is 52.5 Å². The molecule has 0 saturated carbocycles. The van der Waals surface area contributed by atoms with Crippen molar-refractivity contribution in [1.82, 2.24) is 25.3 Å². The van der Waals surface area contributed by atoms with Crippen LogP contribution in [0.3, 0.4) is 0 Å². The van der Waals surface area contributed by atoms with Crippen LogP contribution < -0.4 is 10.6 Å². The number of unbranched alkanes of at least 4 members (excludes halogenated alkanes) is 5. The first-order valence-electron chi connectivity index (χ1n) is 11.4. The number of nitrogens with zero attached hydrogens (tertiary/aromatic N) is 2. The van der Waals surface area contributed by atoms with E-state index in [1.807, 2.05) is 54.9 Å². The third-order valence-electron chi connectivity index (χ3n) is 5.44. The number of aromatic amines is 2. The summed E-state index contributed by atoms with van der Waals surface area (Å²) in [5, 5.41) is 7.22. The Labute approximate surface area is 194 Å². The molecule has 4 aromatic rings. The predicted octanol–water partition coefficient (Wildman–Crippen LogP) is 6.27. The van der Waals surface area contributed by atoms with Gasteiger partial charge in [-0.25, -0.2) is 9.97 Å². The van der Waals surface area contributed by atoms with Crippen molar-refractivity contribution < 1.29 is 0 Å². The minimum absolute atomic E-state index is 0.637. The lowest BCUT2D eigenvalue weighted by atomic mass is 10.1. The molecular formula is C25H30N6S.